The fraction of sp³-hybridized carbons (Fsp3) is 0.438. The van der Waals surface area contributed by atoms with E-state index in [4.69, 9.17) is 0 Å². The van der Waals surface area contributed by atoms with Gasteiger partial charge in [-0.1, -0.05) is 6.07 Å². The summed E-state index contributed by atoms with van der Waals surface area (Å²) in [7, 11) is -3.67. The maximum absolute atomic E-state index is 12.4. The lowest BCUT2D eigenvalue weighted by molar-refractivity contribution is 0.0940. The van der Waals surface area contributed by atoms with Crippen LogP contribution < -0.4 is 15.4 Å². The molecule has 1 atom stereocenters. The summed E-state index contributed by atoms with van der Waals surface area (Å²) >= 11 is 0. The molecule has 0 unspecified atom stereocenters. The van der Waals surface area contributed by atoms with Gasteiger partial charge < -0.3 is 10.6 Å². The van der Waals surface area contributed by atoms with Gasteiger partial charge in [0.05, 0.1) is 4.90 Å². The summed E-state index contributed by atoms with van der Waals surface area (Å²) in [5.74, 6) is -0.262. The van der Waals surface area contributed by atoms with E-state index in [9.17, 15) is 13.2 Å². The Morgan fingerprint density at radius 3 is 3.00 bits per heavy atom. The normalized spacial score (nSPS) is 17.3. The third-order valence-electron chi connectivity index (χ3n) is 4.12. The maximum atomic E-state index is 12.4. The number of aryl methyl sites for hydroxylation is 1. The largest absolute Gasteiger partial charge is 0.348 e. The highest BCUT2D eigenvalue weighted by atomic mass is 32.2. The van der Waals surface area contributed by atoms with Crippen molar-refractivity contribution in [2.45, 2.75) is 30.3 Å². The van der Waals surface area contributed by atoms with E-state index in [2.05, 4.69) is 25.4 Å². The number of hydrogen-bond donors (Lipinski definition) is 3. The number of sulfonamides is 1. The van der Waals surface area contributed by atoms with E-state index in [1.54, 1.807) is 23.1 Å². The van der Waals surface area contributed by atoms with Gasteiger partial charge in [0.1, 0.15) is 12.7 Å². The van der Waals surface area contributed by atoms with Crippen LogP contribution in [0.1, 0.15) is 23.2 Å². The van der Waals surface area contributed by atoms with Gasteiger partial charge in [0.2, 0.25) is 10.0 Å². The average molecular weight is 378 g/mol. The van der Waals surface area contributed by atoms with Crippen LogP contribution >= 0.6 is 0 Å². The predicted octanol–water partition coefficient (Wildman–Crippen LogP) is -0.262. The van der Waals surface area contributed by atoms with Gasteiger partial charge in [-0.3, -0.25) is 9.48 Å². The molecule has 9 nitrogen and oxygen atoms in total. The van der Waals surface area contributed by atoms with Crippen LogP contribution in [-0.4, -0.2) is 54.8 Å². The summed E-state index contributed by atoms with van der Waals surface area (Å²) in [5.41, 5.74) is 0.336. The number of benzene rings is 1. The van der Waals surface area contributed by atoms with E-state index in [-0.39, 0.29) is 23.4 Å². The second-order valence-corrected chi connectivity index (χ2v) is 7.87. The van der Waals surface area contributed by atoms with Gasteiger partial charge in [0.15, 0.2) is 0 Å². The fourth-order valence-corrected chi connectivity index (χ4v) is 3.85. The first-order valence-corrected chi connectivity index (χ1v) is 9.97. The van der Waals surface area contributed by atoms with Crippen LogP contribution in [-0.2, 0) is 16.6 Å². The van der Waals surface area contributed by atoms with Gasteiger partial charge in [-0.05, 0) is 37.6 Å². The Hall–Kier alpha value is -2.30. The lowest BCUT2D eigenvalue weighted by Crippen LogP contribution is -2.36. The van der Waals surface area contributed by atoms with Crippen LogP contribution in [0.4, 0.5) is 0 Å². The summed E-state index contributed by atoms with van der Waals surface area (Å²) in [6.45, 7) is 2.45. The van der Waals surface area contributed by atoms with Crippen LogP contribution in [0.15, 0.2) is 41.8 Å². The fourth-order valence-electron chi connectivity index (χ4n) is 2.73. The molecule has 1 aromatic heterocycles. The molecule has 1 aliphatic heterocycles. The second kappa shape index (κ2) is 8.39. The molecule has 0 saturated carbocycles. The van der Waals surface area contributed by atoms with E-state index in [0.717, 1.165) is 19.5 Å². The molecule has 1 saturated heterocycles. The molecule has 0 aliphatic carbocycles. The SMILES string of the molecule is O=C(N[C@H]1CCNC1)c1cccc(S(=O)(=O)NCCCn2cncn2)c1. The number of carbonyl (C=O) groups is 1. The molecule has 140 valence electrons. The van der Waals surface area contributed by atoms with Crippen molar-refractivity contribution in [1.82, 2.24) is 30.1 Å². The van der Waals surface area contributed by atoms with Crippen molar-refractivity contribution in [2.75, 3.05) is 19.6 Å². The molecule has 10 heteroatoms. The predicted molar refractivity (Wildman–Crippen MR) is 95.0 cm³/mol. The smallest absolute Gasteiger partial charge is 0.251 e. The molecule has 26 heavy (non-hydrogen) atoms. The van der Waals surface area contributed by atoms with Crippen molar-refractivity contribution in [3.05, 3.63) is 42.5 Å². The van der Waals surface area contributed by atoms with Gasteiger partial charge in [-0.15, -0.1) is 0 Å². The topological polar surface area (TPSA) is 118 Å². The average Bonchev–Trinajstić information content (AvgIpc) is 3.33. The molecule has 2 heterocycles. The molecule has 1 aliphatic rings. The minimum Gasteiger partial charge on any atom is -0.348 e. The molecule has 1 amide bonds. The molecular formula is C16H22N6O3S. The first kappa shape index (κ1) is 18.5. The Balaban J connectivity index is 1.57. The van der Waals surface area contributed by atoms with Crippen LogP contribution in [0.3, 0.4) is 0 Å². The molecule has 0 radical (unpaired) electrons. The highest BCUT2D eigenvalue weighted by molar-refractivity contribution is 7.89. The van der Waals surface area contributed by atoms with Crippen molar-refractivity contribution in [3.8, 4) is 0 Å². The van der Waals surface area contributed by atoms with E-state index in [1.165, 1.54) is 18.5 Å². The third-order valence-corrected chi connectivity index (χ3v) is 5.58. The molecule has 1 aromatic carbocycles. The van der Waals surface area contributed by atoms with Crippen LogP contribution in [0.2, 0.25) is 0 Å². The van der Waals surface area contributed by atoms with Crippen molar-refractivity contribution in [2.24, 2.45) is 0 Å². The number of rotatable bonds is 8. The van der Waals surface area contributed by atoms with Gasteiger partial charge in [-0.25, -0.2) is 18.1 Å². The highest BCUT2D eigenvalue weighted by Crippen LogP contribution is 2.12. The first-order chi connectivity index (χ1) is 12.5. The number of carbonyl (C=O) groups excluding carboxylic acids is 1. The molecule has 0 spiro atoms. The van der Waals surface area contributed by atoms with Gasteiger partial charge in [-0.2, -0.15) is 5.10 Å². The quantitative estimate of drug-likeness (QED) is 0.545. The zero-order valence-corrected chi connectivity index (χ0v) is 15.1. The van der Waals surface area contributed by atoms with E-state index >= 15 is 0 Å². The summed E-state index contributed by atoms with van der Waals surface area (Å²) in [6.07, 6.45) is 4.47. The highest BCUT2D eigenvalue weighted by Gasteiger charge is 2.19. The molecule has 0 bridgehead atoms. The maximum Gasteiger partial charge on any atom is 0.251 e. The van der Waals surface area contributed by atoms with E-state index < -0.39 is 10.0 Å². The van der Waals surface area contributed by atoms with Gasteiger partial charge in [0.25, 0.3) is 5.91 Å². The van der Waals surface area contributed by atoms with Crippen molar-refractivity contribution >= 4 is 15.9 Å². The van der Waals surface area contributed by atoms with Gasteiger partial charge >= 0.3 is 0 Å². The number of amides is 1. The number of hydrogen-bond acceptors (Lipinski definition) is 6. The Morgan fingerprint density at radius 2 is 2.27 bits per heavy atom. The number of aromatic nitrogens is 3. The Bertz CT molecular complexity index is 831. The standard InChI is InChI=1S/C16H22N6O3S/c23-16(21-14-5-7-17-10-14)13-3-1-4-15(9-13)26(24,25)20-6-2-8-22-12-18-11-19-22/h1,3-4,9,11-12,14,17,20H,2,5-8,10H2,(H,21,23)/t14-/m0/s1. The van der Waals surface area contributed by atoms with Crippen LogP contribution in [0, 0.1) is 0 Å². The summed E-state index contributed by atoms with van der Waals surface area (Å²) in [5, 5.41) is 10.0. The minimum absolute atomic E-state index is 0.0791. The van der Waals surface area contributed by atoms with Crippen molar-refractivity contribution in [3.63, 3.8) is 0 Å². The molecule has 2 aromatic rings. The molecular weight excluding hydrogens is 356 g/mol. The zero-order valence-electron chi connectivity index (χ0n) is 14.3. The summed E-state index contributed by atoms with van der Waals surface area (Å²) in [4.78, 5) is 16.2. The lowest BCUT2D eigenvalue weighted by Gasteiger charge is -2.12. The monoisotopic (exact) mass is 378 g/mol. The van der Waals surface area contributed by atoms with Crippen molar-refractivity contribution < 1.29 is 13.2 Å². The zero-order chi connectivity index (χ0) is 18.4. The Morgan fingerprint density at radius 1 is 1.38 bits per heavy atom. The number of nitrogens with one attached hydrogen (secondary N) is 3. The first-order valence-electron chi connectivity index (χ1n) is 8.48. The van der Waals surface area contributed by atoms with E-state index in [1.807, 2.05) is 0 Å². The van der Waals surface area contributed by atoms with Crippen LogP contribution in [0.25, 0.3) is 0 Å². The third kappa shape index (κ3) is 4.87. The second-order valence-electron chi connectivity index (χ2n) is 6.10. The van der Waals surface area contributed by atoms with Crippen LogP contribution in [0.5, 0.6) is 0 Å². The number of nitrogens with zero attached hydrogens (tertiary/aromatic N) is 3. The lowest BCUT2D eigenvalue weighted by atomic mass is 10.2. The Kier molecular flexibility index (Phi) is 5.96. The molecule has 3 rings (SSSR count). The summed E-state index contributed by atoms with van der Waals surface area (Å²) < 4.78 is 29.0. The van der Waals surface area contributed by atoms with Crippen molar-refractivity contribution in [1.29, 1.82) is 0 Å². The Labute approximate surface area is 152 Å². The van der Waals surface area contributed by atoms with Gasteiger partial charge in [0, 0.05) is 31.2 Å². The minimum atomic E-state index is -3.67. The molecule has 3 N–H and O–H groups in total. The summed E-state index contributed by atoms with van der Waals surface area (Å²) in [6, 6.07) is 6.15. The van der Waals surface area contributed by atoms with E-state index in [0.29, 0.717) is 18.5 Å². The molecule has 1 fully saturated rings.